The average molecular weight is 237 g/mol. The van der Waals surface area contributed by atoms with Crippen molar-refractivity contribution in [1.82, 2.24) is 5.32 Å². The highest BCUT2D eigenvalue weighted by molar-refractivity contribution is 5.99. The van der Waals surface area contributed by atoms with E-state index in [4.69, 9.17) is 4.74 Å². The zero-order valence-corrected chi connectivity index (χ0v) is 10.2. The van der Waals surface area contributed by atoms with Crippen LogP contribution in [0.2, 0.25) is 0 Å². The monoisotopic (exact) mass is 237 g/mol. The normalized spacial score (nSPS) is 23.4. The summed E-state index contributed by atoms with van der Waals surface area (Å²) < 4.78 is 5.16. The van der Waals surface area contributed by atoms with Crippen molar-refractivity contribution in [3.05, 3.63) is 24.8 Å². The van der Waals surface area contributed by atoms with E-state index >= 15 is 0 Å². The van der Waals surface area contributed by atoms with Crippen molar-refractivity contribution < 1.29 is 14.3 Å². The average Bonchev–Trinajstić information content (AvgIpc) is 2.59. The molecule has 0 bridgehead atoms. The fourth-order valence-electron chi connectivity index (χ4n) is 1.87. The third-order valence-electron chi connectivity index (χ3n) is 2.81. The number of amides is 1. The third kappa shape index (κ3) is 3.19. The van der Waals surface area contributed by atoms with E-state index in [1.54, 1.807) is 6.08 Å². The fraction of sp³-hybridized carbons (Fsp3) is 0.538. The van der Waals surface area contributed by atoms with Crippen LogP contribution in [0, 0.1) is 5.92 Å². The van der Waals surface area contributed by atoms with Crippen LogP contribution in [-0.4, -0.2) is 24.5 Å². The summed E-state index contributed by atoms with van der Waals surface area (Å²) in [5.41, 5.74) is 0.257. The van der Waals surface area contributed by atoms with Gasteiger partial charge >= 0.3 is 5.97 Å². The number of esters is 1. The molecule has 17 heavy (non-hydrogen) atoms. The summed E-state index contributed by atoms with van der Waals surface area (Å²) in [5.74, 6) is -1.21. The fourth-order valence-corrected chi connectivity index (χ4v) is 1.87. The molecule has 1 amide bonds. The standard InChI is InChI=1S/C13H19NO3/c1-4-6-7-10-11(9(3)13(16)17-10)12(15)14-8-5-2/h5,10-11H,2-4,6-8H2,1H3,(H,14,15)/t10-,11+/m0/s1. The molecule has 0 aromatic carbocycles. The summed E-state index contributed by atoms with van der Waals surface area (Å²) in [6.07, 6.45) is 3.87. The van der Waals surface area contributed by atoms with Gasteiger partial charge in [-0.1, -0.05) is 32.4 Å². The van der Waals surface area contributed by atoms with Gasteiger partial charge in [0, 0.05) is 12.1 Å². The summed E-state index contributed by atoms with van der Waals surface area (Å²) in [5, 5.41) is 2.68. The quantitative estimate of drug-likeness (QED) is 0.433. The molecule has 0 aromatic rings. The van der Waals surface area contributed by atoms with Crippen molar-refractivity contribution in [3.63, 3.8) is 0 Å². The first-order valence-electron chi connectivity index (χ1n) is 5.90. The maximum absolute atomic E-state index is 11.9. The first kappa shape index (κ1) is 13.5. The van der Waals surface area contributed by atoms with Gasteiger partial charge in [0.15, 0.2) is 0 Å². The Kier molecular flexibility index (Phi) is 4.94. The van der Waals surface area contributed by atoms with Gasteiger partial charge in [0.25, 0.3) is 0 Å². The summed E-state index contributed by atoms with van der Waals surface area (Å²) in [7, 11) is 0. The van der Waals surface area contributed by atoms with Crippen molar-refractivity contribution in [2.45, 2.75) is 32.3 Å². The lowest BCUT2D eigenvalue weighted by Gasteiger charge is -2.16. The maximum atomic E-state index is 11.9. The molecule has 0 aliphatic carbocycles. The molecule has 0 radical (unpaired) electrons. The van der Waals surface area contributed by atoms with Crippen LogP contribution in [0.4, 0.5) is 0 Å². The van der Waals surface area contributed by atoms with E-state index in [1.807, 2.05) is 0 Å². The minimum Gasteiger partial charge on any atom is -0.458 e. The van der Waals surface area contributed by atoms with Crippen LogP contribution in [0.1, 0.15) is 26.2 Å². The van der Waals surface area contributed by atoms with Gasteiger partial charge in [-0.3, -0.25) is 4.79 Å². The number of carbonyl (C=O) groups excluding carboxylic acids is 2. The lowest BCUT2D eigenvalue weighted by molar-refractivity contribution is -0.140. The van der Waals surface area contributed by atoms with Crippen molar-refractivity contribution >= 4 is 11.9 Å². The van der Waals surface area contributed by atoms with Crippen LogP contribution in [0.25, 0.3) is 0 Å². The molecule has 0 aromatic heterocycles. The number of rotatable bonds is 6. The number of hydrogen-bond donors (Lipinski definition) is 1. The predicted molar refractivity (Wildman–Crippen MR) is 65.2 cm³/mol. The van der Waals surface area contributed by atoms with E-state index in [0.717, 1.165) is 12.8 Å². The Morgan fingerprint density at radius 1 is 1.59 bits per heavy atom. The van der Waals surface area contributed by atoms with Gasteiger partial charge in [0.1, 0.15) is 12.0 Å². The van der Waals surface area contributed by atoms with Crippen LogP contribution >= 0.6 is 0 Å². The van der Waals surface area contributed by atoms with Gasteiger partial charge in [-0.2, -0.15) is 0 Å². The Morgan fingerprint density at radius 2 is 2.29 bits per heavy atom. The lowest BCUT2D eigenvalue weighted by atomic mass is 9.93. The van der Waals surface area contributed by atoms with E-state index in [0.29, 0.717) is 13.0 Å². The molecule has 0 saturated carbocycles. The summed E-state index contributed by atoms with van der Waals surface area (Å²) in [6.45, 7) is 9.61. The molecule has 1 N–H and O–H groups in total. The molecule has 1 saturated heterocycles. The number of unbranched alkanes of at least 4 members (excludes halogenated alkanes) is 1. The Balaban J connectivity index is 2.69. The summed E-state index contributed by atoms with van der Waals surface area (Å²) in [6, 6.07) is 0. The van der Waals surface area contributed by atoms with Crippen LogP contribution in [0.15, 0.2) is 24.8 Å². The number of ether oxygens (including phenoxy) is 1. The molecule has 1 aliphatic rings. The number of cyclic esters (lactones) is 1. The Bertz CT molecular complexity index is 336. The second-order valence-corrected chi connectivity index (χ2v) is 4.12. The van der Waals surface area contributed by atoms with Crippen LogP contribution in [-0.2, 0) is 14.3 Å². The maximum Gasteiger partial charge on any atom is 0.334 e. The summed E-state index contributed by atoms with van der Waals surface area (Å²) >= 11 is 0. The Labute approximate surface area is 102 Å². The topological polar surface area (TPSA) is 55.4 Å². The van der Waals surface area contributed by atoms with Gasteiger partial charge in [0.05, 0.1) is 0 Å². The molecule has 1 rings (SSSR count). The molecule has 2 atom stereocenters. The number of carbonyl (C=O) groups is 2. The highest BCUT2D eigenvalue weighted by Gasteiger charge is 2.42. The largest absolute Gasteiger partial charge is 0.458 e. The second-order valence-electron chi connectivity index (χ2n) is 4.12. The minimum atomic E-state index is -0.547. The molecule has 0 unspecified atom stereocenters. The zero-order chi connectivity index (χ0) is 12.8. The molecule has 1 fully saturated rings. The van der Waals surface area contributed by atoms with Gasteiger partial charge in [-0.05, 0) is 6.42 Å². The van der Waals surface area contributed by atoms with E-state index in [2.05, 4.69) is 25.4 Å². The highest BCUT2D eigenvalue weighted by Crippen LogP contribution is 2.30. The first-order valence-corrected chi connectivity index (χ1v) is 5.90. The lowest BCUT2D eigenvalue weighted by Crippen LogP contribution is -2.36. The van der Waals surface area contributed by atoms with E-state index in [1.165, 1.54) is 0 Å². The van der Waals surface area contributed by atoms with Crippen molar-refractivity contribution in [3.8, 4) is 0 Å². The molecule has 4 heteroatoms. The zero-order valence-electron chi connectivity index (χ0n) is 10.2. The van der Waals surface area contributed by atoms with Crippen LogP contribution in [0.3, 0.4) is 0 Å². The molecule has 1 heterocycles. The predicted octanol–water partition coefficient (Wildman–Crippen LogP) is 1.58. The van der Waals surface area contributed by atoms with Crippen LogP contribution < -0.4 is 5.32 Å². The number of nitrogens with one attached hydrogen (secondary N) is 1. The Morgan fingerprint density at radius 3 is 2.88 bits per heavy atom. The van der Waals surface area contributed by atoms with Gasteiger partial charge in [-0.25, -0.2) is 4.79 Å². The van der Waals surface area contributed by atoms with Gasteiger partial charge < -0.3 is 10.1 Å². The molecule has 0 spiro atoms. The minimum absolute atomic E-state index is 0.207. The number of hydrogen-bond acceptors (Lipinski definition) is 3. The smallest absolute Gasteiger partial charge is 0.334 e. The third-order valence-corrected chi connectivity index (χ3v) is 2.81. The van der Waals surface area contributed by atoms with E-state index in [9.17, 15) is 9.59 Å². The molecule has 94 valence electrons. The van der Waals surface area contributed by atoms with Crippen molar-refractivity contribution in [2.24, 2.45) is 5.92 Å². The SMILES string of the molecule is C=CCNC(=O)[C@@H]1C(=C)C(=O)O[C@H]1CCCC. The van der Waals surface area contributed by atoms with E-state index in [-0.39, 0.29) is 17.6 Å². The first-order chi connectivity index (χ1) is 8.11. The Hall–Kier alpha value is -1.58. The van der Waals surface area contributed by atoms with Crippen molar-refractivity contribution in [1.29, 1.82) is 0 Å². The van der Waals surface area contributed by atoms with E-state index < -0.39 is 11.9 Å². The van der Waals surface area contributed by atoms with Crippen LogP contribution in [0.5, 0.6) is 0 Å². The molecular weight excluding hydrogens is 218 g/mol. The molecule has 1 aliphatic heterocycles. The molecule has 4 nitrogen and oxygen atoms in total. The van der Waals surface area contributed by atoms with Crippen molar-refractivity contribution in [2.75, 3.05) is 6.54 Å². The highest BCUT2D eigenvalue weighted by atomic mass is 16.6. The molecular formula is C13H19NO3. The summed E-state index contributed by atoms with van der Waals surface area (Å²) in [4.78, 5) is 23.3. The van der Waals surface area contributed by atoms with Gasteiger partial charge in [-0.15, -0.1) is 6.58 Å². The van der Waals surface area contributed by atoms with Gasteiger partial charge in [0.2, 0.25) is 5.91 Å². The second kappa shape index (κ2) is 6.23.